The lowest BCUT2D eigenvalue weighted by molar-refractivity contribution is -0.119. The van der Waals surface area contributed by atoms with Gasteiger partial charge in [0.25, 0.3) is 0 Å². The van der Waals surface area contributed by atoms with Gasteiger partial charge in [0.05, 0.1) is 6.54 Å². The number of likely N-dealkylation sites (N-methyl/N-ethyl adjacent to an activating group) is 1. The summed E-state index contributed by atoms with van der Waals surface area (Å²) in [5.74, 6) is 1.01. The molecule has 0 aliphatic carbocycles. The zero-order chi connectivity index (χ0) is 22.9. The monoisotopic (exact) mass is 456 g/mol. The van der Waals surface area contributed by atoms with Crippen molar-refractivity contribution in [2.45, 2.75) is 18.8 Å². The van der Waals surface area contributed by atoms with Gasteiger partial charge in [-0.1, -0.05) is 91.0 Å². The Bertz CT molecular complexity index is 1090. The van der Waals surface area contributed by atoms with E-state index in [4.69, 9.17) is 0 Å². The van der Waals surface area contributed by atoms with Gasteiger partial charge in [0, 0.05) is 37.5 Å². The Morgan fingerprint density at radius 1 is 0.909 bits per heavy atom. The highest BCUT2D eigenvalue weighted by Gasteiger charge is 2.16. The third-order valence-corrected chi connectivity index (χ3v) is 6.40. The molecule has 1 heterocycles. The van der Waals surface area contributed by atoms with Crippen LogP contribution in [0.1, 0.15) is 34.9 Å². The number of amides is 1. The Hall–Kier alpha value is -3.51. The fourth-order valence-electron chi connectivity index (χ4n) is 3.84. The van der Waals surface area contributed by atoms with E-state index in [0.717, 1.165) is 17.4 Å². The molecule has 0 saturated carbocycles. The summed E-state index contributed by atoms with van der Waals surface area (Å²) in [5.41, 5.74) is 3.69. The Kier molecular flexibility index (Phi) is 7.82. The molecular weight excluding hydrogens is 428 g/mol. The summed E-state index contributed by atoms with van der Waals surface area (Å²) in [7, 11) is 1.88. The zero-order valence-corrected chi connectivity index (χ0v) is 19.5. The van der Waals surface area contributed by atoms with Crippen LogP contribution in [0.25, 0.3) is 0 Å². The summed E-state index contributed by atoms with van der Waals surface area (Å²) >= 11 is 1.33. The maximum Gasteiger partial charge on any atom is 0.239 e. The number of hydrogen-bond donors (Lipinski definition) is 1. The molecule has 0 aliphatic heterocycles. The van der Waals surface area contributed by atoms with Gasteiger partial charge in [0.15, 0.2) is 0 Å². The van der Waals surface area contributed by atoms with E-state index < -0.39 is 0 Å². The molecule has 4 rings (SSSR count). The first-order valence-electron chi connectivity index (χ1n) is 11.1. The average molecular weight is 457 g/mol. The highest BCUT2D eigenvalue weighted by Crippen LogP contribution is 2.27. The smallest absolute Gasteiger partial charge is 0.239 e. The molecule has 3 aromatic carbocycles. The summed E-state index contributed by atoms with van der Waals surface area (Å²) in [5, 5.41) is 3.83. The Labute approximate surface area is 199 Å². The van der Waals surface area contributed by atoms with Crippen molar-refractivity contribution in [1.82, 2.24) is 14.7 Å². The van der Waals surface area contributed by atoms with E-state index in [1.807, 2.05) is 42.3 Å². The highest BCUT2D eigenvalue weighted by molar-refractivity contribution is 7.09. The fraction of sp³-hybridized carbons (Fsp3) is 0.222. The SMILES string of the molecule is CN(CC(=O)NCCC(c1ccccc1)c1ccccc1)c1nc(Cc2ccccc2)ns1. The minimum absolute atomic E-state index is 0.0165. The predicted molar refractivity (Wildman–Crippen MR) is 135 cm³/mol. The maximum absolute atomic E-state index is 12.6. The molecule has 1 aromatic heterocycles. The molecule has 1 N–H and O–H groups in total. The summed E-state index contributed by atoms with van der Waals surface area (Å²) in [6, 6.07) is 31.1. The summed E-state index contributed by atoms with van der Waals surface area (Å²) in [6.07, 6.45) is 1.53. The number of nitrogens with zero attached hydrogens (tertiary/aromatic N) is 3. The molecule has 0 fully saturated rings. The molecule has 4 aromatic rings. The van der Waals surface area contributed by atoms with Crippen molar-refractivity contribution in [3.05, 3.63) is 114 Å². The van der Waals surface area contributed by atoms with Crippen molar-refractivity contribution in [3.8, 4) is 0 Å². The Balaban J connectivity index is 1.29. The van der Waals surface area contributed by atoms with Crippen LogP contribution < -0.4 is 10.2 Å². The van der Waals surface area contributed by atoms with Crippen LogP contribution in [0.15, 0.2) is 91.0 Å². The molecule has 0 unspecified atom stereocenters. The summed E-state index contributed by atoms with van der Waals surface area (Å²) in [4.78, 5) is 19.0. The molecular formula is C27H28N4OS. The number of hydrogen-bond acceptors (Lipinski definition) is 5. The van der Waals surface area contributed by atoms with Gasteiger partial charge < -0.3 is 10.2 Å². The topological polar surface area (TPSA) is 58.1 Å². The van der Waals surface area contributed by atoms with Gasteiger partial charge in [-0.05, 0) is 23.1 Å². The van der Waals surface area contributed by atoms with Gasteiger partial charge in [-0.2, -0.15) is 4.37 Å². The minimum atomic E-state index is -0.0165. The van der Waals surface area contributed by atoms with E-state index in [2.05, 4.69) is 75.3 Å². The van der Waals surface area contributed by atoms with E-state index in [1.165, 1.54) is 28.2 Å². The molecule has 1 amide bonds. The normalized spacial score (nSPS) is 10.8. The van der Waals surface area contributed by atoms with Gasteiger partial charge >= 0.3 is 0 Å². The third-order valence-electron chi connectivity index (χ3n) is 5.53. The van der Waals surface area contributed by atoms with Crippen LogP contribution in [0, 0.1) is 0 Å². The van der Waals surface area contributed by atoms with E-state index in [0.29, 0.717) is 13.0 Å². The zero-order valence-electron chi connectivity index (χ0n) is 18.7. The molecule has 6 heteroatoms. The van der Waals surface area contributed by atoms with Gasteiger partial charge in [-0.25, -0.2) is 4.98 Å². The highest BCUT2D eigenvalue weighted by atomic mass is 32.1. The molecule has 5 nitrogen and oxygen atoms in total. The predicted octanol–water partition coefficient (Wildman–Crippen LogP) is 4.90. The van der Waals surface area contributed by atoms with Crippen LogP contribution in [0.4, 0.5) is 5.13 Å². The molecule has 0 radical (unpaired) electrons. The van der Waals surface area contributed by atoms with Crippen molar-refractivity contribution in [3.63, 3.8) is 0 Å². The van der Waals surface area contributed by atoms with Crippen LogP contribution in [0.3, 0.4) is 0 Å². The van der Waals surface area contributed by atoms with Crippen LogP contribution in [-0.2, 0) is 11.2 Å². The van der Waals surface area contributed by atoms with Gasteiger partial charge in [0.2, 0.25) is 11.0 Å². The maximum atomic E-state index is 12.6. The summed E-state index contributed by atoms with van der Waals surface area (Å²) in [6.45, 7) is 0.859. The second kappa shape index (κ2) is 11.4. The van der Waals surface area contributed by atoms with Crippen molar-refractivity contribution < 1.29 is 4.79 Å². The van der Waals surface area contributed by atoms with E-state index in [-0.39, 0.29) is 18.4 Å². The second-order valence-corrected chi connectivity index (χ2v) is 8.75. The standard InChI is InChI=1S/C27H28N4OS/c1-31(27-29-25(30-33-27)19-21-11-5-2-6-12-21)20-26(32)28-18-17-24(22-13-7-3-8-14-22)23-15-9-4-10-16-23/h2-16,24H,17-20H2,1H3,(H,28,32). The fourth-order valence-corrected chi connectivity index (χ4v) is 4.48. The van der Waals surface area contributed by atoms with Crippen molar-refractivity contribution in [1.29, 1.82) is 0 Å². The summed E-state index contributed by atoms with van der Waals surface area (Å²) < 4.78 is 4.45. The average Bonchev–Trinajstić information content (AvgIpc) is 3.32. The molecule has 0 saturated heterocycles. The van der Waals surface area contributed by atoms with Crippen molar-refractivity contribution >= 4 is 22.6 Å². The lowest BCUT2D eigenvalue weighted by Gasteiger charge is -2.19. The number of benzene rings is 3. The van der Waals surface area contributed by atoms with E-state index >= 15 is 0 Å². The first-order chi connectivity index (χ1) is 16.2. The van der Waals surface area contributed by atoms with Crippen molar-refractivity contribution in [2.75, 3.05) is 25.0 Å². The largest absolute Gasteiger partial charge is 0.355 e. The number of nitrogens with one attached hydrogen (secondary N) is 1. The number of aromatic nitrogens is 2. The van der Waals surface area contributed by atoms with Crippen LogP contribution in [-0.4, -0.2) is 35.4 Å². The number of rotatable bonds is 10. The Morgan fingerprint density at radius 3 is 2.09 bits per heavy atom. The van der Waals surface area contributed by atoms with E-state index in [1.54, 1.807) is 0 Å². The Morgan fingerprint density at radius 2 is 1.48 bits per heavy atom. The van der Waals surface area contributed by atoms with E-state index in [9.17, 15) is 4.79 Å². The minimum Gasteiger partial charge on any atom is -0.355 e. The molecule has 0 bridgehead atoms. The van der Waals surface area contributed by atoms with Crippen molar-refractivity contribution in [2.24, 2.45) is 0 Å². The lowest BCUT2D eigenvalue weighted by atomic mass is 9.88. The third kappa shape index (κ3) is 6.49. The number of carbonyl (C=O) groups excluding carboxylic acids is 1. The quantitative estimate of drug-likeness (QED) is 0.369. The van der Waals surface area contributed by atoms with Crippen LogP contribution in [0.5, 0.6) is 0 Å². The van der Waals surface area contributed by atoms with Gasteiger partial charge in [0.1, 0.15) is 5.82 Å². The first kappa shape index (κ1) is 22.7. The van der Waals surface area contributed by atoms with Crippen LogP contribution >= 0.6 is 11.5 Å². The lowest BCUT2D eigenvalue weighted by Crippen LogP contribution is -2.36. The molecule has 168 valence electrons. The molecule has 0 spiro atoms. The van der Waals surface area contributed by atoms with Crippen LogP contribution in [0.2, 0.25) is 0 Å². The molecule has 0 aliphatic rings. The number of anilines is 1. The van der Waals surface area contributed by atoms with Gasteiger partial charge in [-0.3, -0.25) is 4.79 Å². The molecule has 0 atom stereocenters. The second-order valence-electron chi connectivity index (χ2n) is 8.02. The first-order valence-corrected chi connectivity index (χ1v) is 11.9. The number of carbonyl (C=O) groups is 1. The van der Waals surface area contributed by atoms with Gasteiger partial charge in [-0.15, -0.1) is 0 Å². The molecule has 33 heavy (non-hydrogen) atoms.